The van der Waals surface area contributed by atoms with Crippen molar-refractivity contribution in [2.24, 2.45) is 0 Å². The number of methoxy groups -OCH3 is 1. The third-order valence-electron chi connectivity index (χ3n) is 3.96. The van der Waals surface area contributed by atoms with Crippen LogP contribution in [0.5, 0.6) is 5.75 Å². The van der Waals surface area contributed by atoms with Gasteiger partial charge in [0.25, 0.3) is 0 Å². The summed E-state index contributed by atoms with van der Waals surface area (Å²) in [5.41, 5.74) is 2.47. The number of nitrogens with one attached hydrogen (secondary N) is 2. The first kappa shape index (κ1) is 16.5. The van der Waals surface area contributed by atoms with E-state index in [1.165, 1.54) is 0 Å². The van der Waals surface area contributed by atoms with E-state index in [4.69, 9.17) is 4.74 Å². The van der Waals surface area contributed by atoms with Crippen LogP contribution in [0.15, 0.2) is 67.1 Å². The van der Waals surface area contributed by atoms with Crippen molar-refractivity contribution in [1.82, 2.24) is 19.6 Å². The van der Waals surface area contributed by atoms with Gasteiger partial charge in [-0.3, -0.25) is 9.38 Å². The summed E-state index contributed by atoms with van der Waals surface area (Å²) in [7, 11) is 1.55. The predicted octanol–water partition coefficient (Wildman–Crippen LogP) is 3.44. The van der Waals surface area contributed by atoms with Gasteiger partial charge < -0.3 is 15.4 Å². The molecule has 0 radical (unpaired) electrons. The molecule has 0 atom stereocenters. The molecule has 27 heavy (non-hydrogen) atoms. The lowest BCUT2D eigenvalue weighted by Gasteiger charge is -2.11. The highest BCUT2D eigenvalue weighted by Gasteiger charge is 2.13. The van der Waals surface area contributed by atoms with Crippen LogP contribution in [0.1, 0.15) is 0 Å². The van der Waals surface area contributed by atoms with Gasteiger partial charge in [-0.1, -0.05) is 12.1 Å². The molecular weight excluding hydrogens is 344 g/mol. The minimum atomic E-state index is -0.404. The zero-order chi connectivity index (χ0) is 18.6. The van der Waals surface area contributed by atoms with Crippen LogP contribution in [0.2, 0.25) is 0 Å². The topological polar surface area (TPSA) is 93.4 Å². The Hall–Kier alpha value is -3.94. The molecule has 2 amide bonds. The minimum absolute atomic E-state index is 0.404. The van der Waals surface area contributed by atoms with E-state index in [1.807, 2.05) is 36.5 Å². The maximum atomic E-state index is 12.4. The summed E-state index contributed by atoms with van der Waals surface area (Å²) in [6, 6.07) is 14.1. The van der Waals surface area contributed by atoms with Crippen LogP contribution in [0.25, 0.3) is 17.0 Å². The number of amides is 2. The number of ether oxygens (including phenoxy) is 1. The average Bonchev–Trinajstić information content (AvgIpc) is 3.14. The number of hydrogen-bond acceptors (Lipinski definition) is 5. The van der Waals surface area contributed by atoms with E-state index in [9.17, 15) is 4.79 Å². The lowest BCUT2D eigenvalue weighted by molar-refractivity contribution is 0.262. The monoisotopic (exact) mass is 360 g/mol. The Morgan fingerprint density at radius 2 is 1.81 bits per heavy atom. The third kappa shape index (κ3) is 3.28. The van der Waals surface area contributed by atoms with Crippen molar-refractivity contribution in [2.75, 3.05) is 17.7 Å². The molecule has 0 bridgehead atoms. The molecule has 1 aromatic carbocycles. The molecular formula is C19H16N6O2. The van der Waals surface area contributed by atoms with Crippen molar-refractivity contribution in [2.45, 2.75) is 0 Å². The fourth-order valence-electron chi connectivity index (χ4n) is 2.73. The van der Waals surface area contributed by atoms with Gasteiger partial charge in [-0.15, -0.1) is 10.2 Å². The number of rotatable bonds is 4. The Balaban J connectivity index is 1.61. The molecule has 4 rings (SSSR count). The van der Waals surface area contributed by atoms with Gasteiger partial charge >= 0.3 is 6.03 Å². The molecule has 3 aromatic heterocycles. The van der Waals surface area contributed by atoms with Crippen molar-refractivity contribution < 1.29 is 9.53 Å². The lowest BCUT2D eigenvalue weighted by Crippen LogP contribution is -2.20. The first-order chi connectivity index (χ1) is 13.3. The summed E-state index contributed by atoms with van der Waals surface area (Å²) >= 11 is 0. The molecule has 2 N–H and O–H groups in total. The minimum Gasteiger partial charge on any atom is -0.495 e. The molecule has 0 saturated carbocycles. The van der Waals surface area contributed by atoms with Crippen molar-refractivity contribution in [3.05, 3.63) is 67.1 Å². The Bertz CT molecular complexity index is 1090. The van der Waals surface area contributed by atoms with E-state index in [1.54, 1.807) is 42.1 Å². The first-order valence-corrected chi connectivity index (χ1v) is 8.21. The highest BCUT2D eigenvalue weighted by Crippen LogP contribution is 2.24. The Labute approximate surface area is 154 Å². The van der Waals surface area contributed by atoms with Crippen molar-refractivity contribution in [3.8, 4) is 17.1 Å². The van der Waals surface area contributed by atoms with Gasteiger partial charge in [0, 0.05) is 24.2 Å². The number of para-hydroxylation sites is 2. The van der Waals surface area contributed by atoms with Crippen LogP contribution in [0, 0.1) is 0 Å². The Kier molecular flexibility index (Phi) is 4.36. The number of carbonyl (C=O) groups excluding carboxylic acids is 1. The molecule has 134 valence electrons. The highest BCUT2D eigenvalue weighted by atomic mass is 16.5. The SMILES string of the molecule is COc1ccccc1NC(=O)Nc1cccn2c(-c3cccnc3)nnc12. The number of aromatic nitrogens is 4. The number of pyridine rings is 2. The van der Waals surface area contributed by atoms with Gasteiger partial charge in [-0.25, -0.2) is 4.79 Å². The smallest absolute Gasteiger partial charge is 0.323 e. The van der Waals surface area contributed by atoms with Gasteiger partial charge in [-0.05, 0) is 36.4 Å². The zero-order valence-electron chi connectivity index (χ0n) is 14.5. The first-order valence-electron chi connectivity index (χ1n) is 8.21. The zero-order valence-corrected chi connectivity index (χ0v) is 14.5. The second-order valence-electron chi connectivity index (χ2n) is 5.66. The molecule has 3 heterocycles. The summed E-state index contributed by atoms with van der Waals surface area (Å²) in [6.45, 7) is 0. The molecule has 0 aliphatic carbocycles. The van der Waals surface area contributed by atoms with Gasteiger partial charge in [-0.2, -0.15) is 0 Å². The molecule has 0 fully saturated rings. The van der Waals surface area contributed by atoms with Gasteiger partial charge in [0.05, 0.1) is 18.5 Å². The van der Waals surface area contributed by atoms with Crippen molar-refractivity contribution in [1.29, 1.82) is 0 Å². The summed E-state index contributed by atoms with van der Waals surface area (Å²) in [6.07, 6.45) is 5.24. The second-order valence-corrected chi connectivity index (χ2v) is 5.66. The molecule has 8 nitrogen and oxygen atoms in total. The van der Waals surface area contributed by atoms with Gasteiger partial charge in [0.15, 0.2) is 11.5 Å². The molecule has 8 heteroatoms. The Morgan fingerprint density at radius 1 is 1.00 bits per heavy atom. The van der Waals surface area contributed by atoms with E-state index >= 15 is 0 Å². The standard InChI is InChI=1S/C19H16N6O2/c1-27-16-9-3-2-7-14(16)21-19(26)22-15-8-5-11-25-17(23-24-18(15)25)13-6-4-10-20-12-13/h2-12H,1H3,(H2,21,22,26). The number of urea groups is 1. The molecule has 0 spiro atoms. The number of carbonyl (C=O) groups is 1. The van der Waals surface area contributed by atoms with Gasteiger partial charge in [0.2, 0.25) is 0 Å². The number of fused-ring (bicyclic) bond motifs is 1. The normalized spacial score (nSPS) is 10.6. The number of anilines is 2. The largest absolute Gasteiger partial charge is 0.495 e. The fraction of sp³-hybridized carbons (Fsp3) is 0.0526. The van der Waals surface area contributed by atoms with Crippen LogP contribution in [0.3, 0.4) is 0 Å². The van der Waals surface area contributed by atoms with Crippen LogP contribution in [-0.2, 0) is 0 Å². The Morgan fingerprint density at radius 3 is 2.63 bits per heavy atom. The maximum Gasteiger partial charge on any atom is 0.323 e. The average molecular weight is 360 g/mol. The third-order valence-corrected chi connectivity index (χ3v) is 3.96. The summed E-state index contributed by atoms with van der Waals surface area (Å²) < 4.78 is 7.05. The summed E-state index contributed by atoms with van der Waals surface area (Å²) in [5, 5.41) is 14.0. The number of nitrogens with zero attached hydrogens (tertiary/aromatic N) is 4. The van der Waals surface area contributed by atoms with E-state index in [0.29, 0.717) is 28.6 Å². The maximum absolute atomic E-state index is 12.4. The summed E-state index contributed by atoms with van der Waals surface area (Å²) in [5.74, 6) is 1.22. The van der Waals surface area contributed by atoms with E-state index in [0.717, 1.165) is 5.56 Å². The fourth-order valence-corrected chi connectivity index (χ4v) is 2.73. The van der Waals surface area contributed by atoms with Crippen LogP contribution >= 0.6 is 0 Å². The second kappa shape index (κ2) is 7.12. The van der Waals surface area contributed by atoms with Gasteiger partial charge in [0.1, 0.15) is 5.75 Å². The molecule has 0 aliphatic rings. The van der Waals surface area contributed by atoms with E-state index in [-0.39, 0.29) is 0 Å². The molecule has 0 aliphatic heterocycles. The van der Waals surface area contributed by atoms with Crippen LogP contribution < -0.4 is 15.4 Å². The number of hydrogen-bond donors (Lipinski definition) is 2. The predicted molar refractivity (Wildman–Crippen MR) is 102 cm³/mol. The van der Waals surface area contributed by atoms with Crippen molar-refractivity contribution >= 4 is 23.1 Å². The van der Waals surface area contributed by atoms with Crippen LogP contribution in [-0.4, -0.2) is 32.7 Å². The lowest BCUT2D eigenvalue weighted by atomic mass is 10.2. The van der Waals surface area contributed by atoms with Crippen LogP contribution in [0.4, 0.5) is 16.2 Å². The molecule has 0 saturated heterocycles. The quantitative estimate of drug-likeness (QED) is 0.581. The highest BCUT2D eigenvalue weighted by molar-refractivity contribution is 6.02. The van der Waals surface area contributed by atoms with Crippen molar-refractivity contribution in [3.63, 3.8) is 0 Å². The summed E-state index contributed by atoms with van der Waals surface area (Å²) in [4.78, 5) is 16.5. The van der Waals surface area contributed by atoms with E-state index < -0.39 is 6.03 Å². The molecule has 0 unspecified atom stereocenters. The van der Waals surface area contributed by atoms with E-state index in [2.05, 4.69) is 25.8 Å². The number of benzene rings is 1. The molecule has 4 aromatic rings.